The lowest BCUT2D eigenvalue weighted by Gasteiger charge is -2.22. The molecule has 21 heavy (non-hydrogen) atoms. The van der Waals surface area contributed by atoms with Crippen LogP contribution in [0.25, 0.3) is 0 Å². The number of carbonyl (C=O) groups excluding carboxylic acids is 1. The van der Waals surface area contributed by atoms with Gasteiger partial charge in [-0.2, -0.15) is 5.10 Å². The zero-order valence-corrected chi connectivity index (χ0v) is 12.0. The highest BCUT2D eigenvalue weighted by molar-refractivity contribution is 6.08. The quantitative estimate of drug-likeness (QED) is 0.915. The second kappa shape index (κ2) is 5.47. The Hall–Kier alpha value is -2.50. The van der Waals surface area contributed by atoms with Crippen LogP contribution in [0.1, 0.15) is 23.8 Å². The number of ether oxygens (including phenoxy) is 1. The van der Waals surface area contributed by atoms with Crippen molar-refractivity contribution in [3.05, 3.63) is 36.2 Å². The Bertz CT molecular complexity index is 665. The van der Waals surface area contributed by atoms with E-state index in [0.29, 0.717) is 31.1 Å². The molecule has 0 spiro atoms. The third kappa shape index (κ3) is 2.33. The lowest BCUT2D eigenvalue weighted by molar-refractivity contribution is 0.0978. The van der Waals surface area contributed by atoms with Gasteiger partial charge in [0.25, 0.3) is 5.91 Å². The average molecular weight is 286 g/mol. The summed E-state index contributed by atoms with van der Waals surface area (Å²) in [7, 11) is 0. The molecule has 3 rings (SSSR count). The number of fused-ring (bicyclic) bond motifs is 1. The second-order valence-corrected chi connectivity index (χ2v) is 4.89. The van der Waals surface area contributed by atoms with Crippen LogP contribution >= 0.6 is 0 Å². The summed E-state index contributed by atoms with van der Waals surface area (Å²) in [5, 5.41) is 4.14. The third-order valence-electron chi connectivity index (χ3n) is 3.55. The summed E-state index contributed by atoms with van der Waals surface area (Å²) >= 11 is 0. The maximum atomic E-state index is 12.9. The van der Waals surface area contributed by atoms with E-state index < -0.39 is 0 Å². The maximum absolute atomic E-state index is 12.9. The number of hydrogen-bond donors (Lipinski definition) is 1. The molecule has 0 unspecified atom stereocenters. The van der Waals surface area contributed by atoms with Crippen molar-refractivity contribution in [2.24, 2.45) is 0 Å². The molecule has 1 amide bonds. The summed E-state index contributed by atoms with van der Waals surface area (Å²) in [5.41, 5.74) is 7.55. The molecule has 2 N–H and O–H groups in total. The van der Waals surface area contributed by atoms with E-state index in [-0.39, 0.29) is 5.91 Å². The lowest BCUT2D eigenvalue weighted by atomic mass is 10.2. The zero-order chi connectivity index (χ0) is 14.8. The molecule has 2 aromatic rings. The van der Waals surface area contributed by atoms with E-state index in [0.717, 1.165) is 17.9 Å². The number of anilines is 2. The van der Waals surface area contributed by atoms with Crippen LogP contribution in [0.4, 0.5) is 11.4 Å². The highest BCUT2D eigenvalue weighted by Crippen LogP contribution is 2.32. The number of hydrogen-bond acceptors (Lipinski definition) is 4. The number of rotatable bonds is 2. The zero-order valence-electron chi connectivity index (χ0n) is 12.0. The largest absolute Gasteiger partial charge is 0.491 e. The van der Waals surface area contributed by atoms with Crippen molar-refractivity contribution >= 4 is 17.3 Å². The smallest absolute Gasteiger partial charge is 0.278 e. The van der Waals surface area contributed by atoms with Gasteiger partial charge in [0.15, 0.2) is 0 Å². The lowest BCUT2D eigenvalue weighted by Crippen LogP contribution is -2.33. The number of amides is 1. The van der Waals surface area contributed by atoms with E-state index in [1.807, 2.05) is 31.2 Å². The molecule has 1 aromatic carbocycles. The Morgan fingerprint density at radius 1 is 1.43 bits per heavy atom. The van der Waals surface area contributed by atoms with Gasteiger partial charge in [0.05, 0.1) is 24.2 Å². The van der Waals surface area contributed by atoms with Crippen LogP contribution in [-0.2, 0) is 6.54 Å². The van der Waals surface area contributed by atoms with Crippen LogP contribution in [0, 0.1) is 0 Å². The van der Waals surface area contributed by atoms with E-state index in [9.17, 15) is 4.79 Å². The Kier molecular flexibility index (Phi) is 3.51. The van der Waals surface area contributed by atoms with Crippen molar-refractivity contribution in [2.75, 3.05) is 23.8 Å². The topological polar surface area (TPSA) is 73.4 Å². The standard InChI is InChI=1S/C15H18N4O2/c1-2-19-14(11(16)10-17-19)15(20)18-8-5-9-21-13-7-4-3-6-12(13)18/h3-4,6-7,10H,2,5,8-9,16H2,1H3. The molecule has 0 bridgehead atoms. The van der Waals surface area contributed by atoms with Crippen molar-refractivity contribution in [3.63, 3.8) is 0 Å². The molecule has 1 aromatic heterocycles. The number of nitrogens with zero attached hydrogens (tertiary/aromatic N) is 3. The molecule has 0 radical (unpaired) electrons. The maximum Gasteiger partial charge on any atom is 0.278 e. The first-order valence-corrected chi connectivity index (χ1v) is 7.07. The van der Waals surface area contributed by atoms with Gasteiger partial charge in [-0.1, -0.05) is 12.1 Å². The van der Waals surface area contributed by atoms with Crippen LogP contribution in [0.3, 0.4) is 0 Å². The number of benzene rings is 1. The SMILES string of the molecule is CCn1ncc(N)c1C(=O)N1CCCOc2ccccc21. The highest BCUT2D eigenvalue weighted by Gasteiger charge is 2.27. The molecule has 0 fully saturated rings. The molecule has 0 atom stereocenters. The van der Waals surface area contributed by atoms with Crippen LogP contribution in [0.2, 0.25) is 0 Å². The number of nitrogen functional groups attached to an aromatic ring is 1. The van der Waals surface area contributed by atoms with Crippen LogP contribution in [0.15, 0.2) is 30.5 Å². The van der Waals surface area contributed by atoms with Crippen molar-refractivity contribution in [1.29, 1.82) is 0 Å². The number of aromatic nitrogens is 2. The third-order valence-corrected chi connectivity index (χ3v) is 3.55. The fourth-order valence-corrected chi connectivity index (χ4v) is 2.54. The first-order valence-electron chi connectivity index (χ1n) is 7.07. The number of carbonyl (C=O) groups is 1. The van der Waals surface area contributed by atoms with Crippen LogP contribution in [-0.4, -0.2) is 28.8 Å². The molecular weight excluding hydrogens is 268 g/mol. The van der Waals surface area contributed by atoms with Crippen molar-refractivity contribution in [3.8, 4) is 5.75 Å². The summed E-state index contributed by atoms with van der Waals surface area (Å²) in [6.07, 6.45) is 2.30. The molecule has 0 aliphatic carbocycles. The molecule has 1 aliphatic rings. The highest BCUT2D eigenvalue weighted by atomic mass is 16.5. The normalized spacial score (nSPS) is 14.2. The summed E-state index contributed by atoms with van der Waals surface area (Å²) in [4.78, 5) is 14.6. The molecule has 110 valence electrons. The number of aryl methyl sites for hydroxylation is 1. The van der Waals surface area contributed by atoms with Gasteiger partial charge in [-0.15, -0.1) is 0 Å². The van der Waals surface area contributed by atoms with Crippen LogP contribution in [0.5, 0.6) is 5.75 Å². The summed E-state index contributed by atoms with van der Waals surface area (Å²) in [6, 6.07) is 7.56. The molecule has 6 nitrogen and oxygen atoms in total. The van der Waals surface area contributed by atoms with Crippen molar-refractivity contribution < 1.29 is 9.53 Å². The van der Waals surface area contributed by atoms with Crippen molar-refractivity contribution in [2.45, 2.75) is 19.9 Å². The second-order valence-electron chi connectivity index (χ2n) is 4.89. The van der Waals surface area contributed by atoms with E-state index in [1.54, 1.807) is 9.58 Å². The Morgan fingerprint density at radius 3 is 3.05 bits per heavy atom. The van der Waals surface area contributed by atoms with E-state index in [2.05, 4.69) is 5.10 Å². The number of para-hydroxylation sites is 2. The fourth-order valence-electron chi connectivity index (χ4n) is 2.54. The number of nitrogens with two attached hydrogens (primary N) is 1. The molecular formula is C15H18N4O2. The predicted molar refractivity (Wildman–Crippen MR) is 80.5 cm³/mol. The molecule has 0 saturated heterocycles. The van der Waals surface area contributed by atoms with Crippen LogP contribution < -0.4 is 15.4 Å². The predicted octanol–water partition coefficient (Wildman–Crippen LogP) is 1.91. The minimum absolute atomic E-state index is 0.134. The molecule has 1 aliphatic heterocycles. The van der Waals surface area contributed by atoms with Gasteiger partial charge < -0.3 is 15.4 Å². The average Bonchev–Trinajstić information content (AvgIpc) is 2.75. The Morgan fingerprint density at radius 2 is 2.24 bits per heavy atom. The van der Waals surface area contributed by atoms with E-state index in [4.69, 9.17) is 10.5 Å². The Balaban J connectivity index is 2.03. The van der Waals surface area contributed by atoms with Gasteiger partial charge in [0.2, 0.25) is 0 Å². The molecule has 0 saturated carbocycles. The molecule has 6 heteroatoms. The Labute approximate surface area is 123 Å². The van der Waals surface area contributed by atoms with E-state index >= 15 is 0 Å². The minimum atomic E-state index is -0.134. The van der Waals surface area contributed by atoms with Gasteiger partial charge in [0.1, 0.15) is 11.4 Å². The van der Waals surface area contributed by atoms with Gasteiger partial charge in [0, 0.05) is 13.1 Å². The van der Waals surface area contributed by atoms with Gasteiger partial charge >= 0.3 is 0 Å². The van der Waals surface area contributed by atoms with Gasteiger partial charge in [-0.05, 0) is 25.5 Å². The van der Waals surface area contributed by atoms with E-state index in [1.165, 1.54) is 6.20 Å². The minimum Gasteiger partial charge on any atom is -0.491 e. The van der Waals surface area contributed by atoms with Gasteiger partial charge in [-0.25, -0.2) is 0 Å². The first-order chi connectivity index (χ1) is 10.2. The summed E-state index contributed by atoms with van der Waals surface area (Å²) in [5.74, 6) is 0.592. The summed E-state index contributed by atoms with van der Waals surface area (Å²) in [6.45, 7) is 3.74. The summed E-state index contributed by atoms with van der Waals surface area (Å²) < 4.78 is 7.32. The first kappa shape index (κ1) is 13.5. The van der Waals surface area contributed by atoms with Crippen molar-refractivity contribution in [1.82, 2.24) is 9.78 Å². The fraction of sp³-hybridized carbons (Fsp3) is 0.333. The monoisotopic (exact) mass is 286 g/mol. The molecule has 2 heterocycles. The van der Waals surface area contributed by atoms with Gasteiger partial charge in [-0.3, -0.25) is 9.48 Å².